The Kier molecular flexibility index (Phi) is 2.35. The quantitative estimate of drug-likeness (QED) is 0.609. The lowest BCUT2D eigenvalue weighted by atomic mass is 10.1. The number of hydrogen-bond acceptors (Lipinski definition) is 0. The second-order valence-corrected chi connectivity index (χ2v) is 2.23. The lowest BCUT2D eigenvalue weighted by Gasteiger charge is -2.11. The van der Waals surface area contributed by atoms with Crippen molar-refractivity contribution in [3.63, 3.8) is 0 Å². The average Bonchev–Trinajstić information content (AvgIpc) is 2.05. The van der Waals surface area contributed by atoms with Crippen molar-refractivity contribution in [3.05, 3.63) is 35.6 Å². The predicted octanol–water partition coefficient (Wildman–Crippen LogP) is 2.69. The van der Waals surface area contributed by atoms with Crippen LogP contribution in [0, 0.1) is 11.9 Å². The molecule has 0 nitrogen and oxygen atoms in total. The van der Waals surface area contributed by atoms with E-state index in [1.807, 2.05) is 6.07 Å². The van der Waals surface area contributed by atoms with Gasteiger partial charge in [-0.1, -0.05) is 12.1 Å². The lowest BCUT2D eigenvalue weighted by Crippen LogP contribution is -2.17. The summed E-state index contributed by atoms with van der Waals surface area (Å²) < 4.78 is 49.3. The first kappa shape index (κ1) is 9.03. The summed E-state index contributed by atoms with van der Waals surface area (Å²) in [6.07, 6.45) is 0. The van der Waals surface area contributed by atoms with E-state index < -0.39 is 24.0 Å². The van der Waals surface area contributed by atoms with Crippen molar-refractivity contribution in [2.75, 3.05) is 6.67 Å². The van der Waals surface area contributed by atoms with Gasteiger partial charge < -0.3 is 0 Å². The van der Waals surface area contributed by atoms with Gasteiger partial charge in [-0.15, -0.1) is 0 Å². The molecule has 1 aromatic carbocycles. The van der Waals surface area contributed by atoms with E-state index in [1.54, 1.807) is 0 Å². The monoisotopic (exact) mass is 177 g/mol. The van der Waals surface area contributed by atoms with Gasteiger partial charge in [-0.05, 0) is 12.1 Å². The van der Waals surface area contributed by atoms with Gasteiger partial charge in [0, 0.05) is 0 Å². The van der Waals surface area contributed by atoms with Crippen molar-refractivity contribution in [2.24, 2.45) is 0 Å². The zero-order valence-corrected chi connectivity index (χ0v) is 5.95. The van der Waals surface area contributed by atoms with Crippen molar-refractivity contribution in [3.8, 4) is 0 Å². The fourth-order valence-corrected chi connectivity index (χ4v) is 0.763. The van der Waals surface area contributed by atoms with Crippen LogP contribution < -0.4 is 0 Å². The van der Waals surface area contributed by atoms with E-state index in [0.717, 1.165) is 12.1 Å². The molecule has 1 aromatic rings. The second-order valence-electron chi connectivity index (χ2n) is 2.23. The highest BCUT2D eigenvalue weighted by atomic mass is 19.3. The lowest BCUT2D eigenvalue weighted by molar-refractivity contribution is -0.0314. The zero-order chi connectivity index (χ0) is 9.19. The Morgan fingerprint density at radius 3 is 2.58 bits per heavy atom. The molecule has 12 heavy (non-hydrogen) atoms. The van der Waals surface area contributed by atoms with Gasteiger partial charge in [0.2, 0.25) is 0 Å². The van der Waals surface area contributed by atoms with E-state index in [9.17, 15) is 17.6 Å². The summed E-state index contributed by atoms with van der Waals surface area (Å²) in [5.74, 6) is -4.91. The summed E-state index contributed by atoms with van der Waals surface area (Å²) in [6.45, 7) is -1.91. The molecule has 0 heterocycles. The first-order valence-corrected chi connectivity index (χ1v) is 3.18. The fraction of sp³-hybridized carbons (Fsp3) is 0.250. The Morgan fingerprint density at radius 2 is 2.08 bits per heavy atom. The number of halogens is 4. The van der Waals surface area contributed by atoms with E-state index in [-0.39, 0.29) is 0 Å². The first-order valence-electron chi connectivity index (χ1n) is 3.18. The largest absolute Gasteiger partial charge is 0.304 e. The number of alkyl halides is 3. The van der Waals surface area contributed by atoms with Crippen LogP contribution in [-0.4, -0.2) is 6.67 Å². The van der Waals surface area contributed by atoms with Crippen molar-refractivity contribution < 1.29 is 17.6 Å². The van der Waals surface area contributed by atoms with E-state index in [1.165, 1.54) is 6.07 Å². The van der Waals surface area contributed by atoms with Gasteiger partial charge in [0.05, 0.1) is 5.56 Å². The summed E-state index contributed by atoms with van der Waals surface area (Å²) in [4.78, 5) is 0. The van der Waals surface area contributed by atoms with Gasteiger partial charge in [-0.2, -0.15) is 8.78 Å². The molecule has 0 aliphatic rings. The molecule has 0 N–H and O–H groups in total. The van der Waals surface area contributed by atoms with Gasteiger partial charge in [0.15, 0.2) is 6.67 Å². The summed E-state index contributed by atoms with van der Waals surface area (Å²) in [5, 5.41) is 0. The van der Waals surface area contributed by atoms with E-state index >= 15 is 0 Å². The maximum atomic E-state index is 12.6. The molecule has 0 aromatic heterocycles. The molecule has 0 atom stereocenters. The van der Waals surface area contributed by atoms with Crippen LogP contribution in [0.2, 0.25) is 0 Å². The smallest absolute Gasteiger partial charge is 0.244 e. The summed E-state index contributed by atoms with van der Waals surface area (Å²) in [7, 11) is 0. The Morgan fingerprint density at radius 1 is 1.42 bits per heavy atom. The first-order chi connectivity index (χ1) is 5.58. The highest BCUT2D eigenvalue weighted by Gasteiger charge is 2.34. The molecule has 1 rings (SSSR count). The Bertz CT molecular complexity index is 270. The van der Waals surface area contributed by atoms with E-state index in [4.69, 9.17) is 0 Å². The van der Waals surface area contributed by atoms with Crippen LogP contribution in [0.5, 0.6) is 0 Å². The Hall–Kier alpha value is -1.06. The van der Waals surface area contributed by atoms with Crippen LogP contribution in [0.15, 0.2) is 18.2 Å². The van der Waals surface area contributed by atoms with Gasteiger partial charge in [0.1, 0.15) is 5.82 Å². The molecule has 0 bridgehead atoms. The molecule has 0 aliphatic heterocycles. The molecule has 0 fully saturated rings. The molecule has 65 valence electrons. The molecule has 4 heteroatoms. The summed E-state index contributed by atoms with van der Waals surface area (Å²) in [5.41, 5.74) is -1.02. The predicted molar refractivity (Wildman–Crippen MR) is 35.1 cm³/mol. The number of rotatable bonds is 2. The van der Waals surface area contributed by atoms with E-state index in [0.29, 0.717) is 0 Å². The third-order valence-electron chi connectivity index (χ3n) is 1.34. The van der Waals surface area contributed by atoms with Crippen LogP contribution in [-0.2, 0) is 5.92 Å². The van der Waals surface area contributed by atoms with Gasteiger partial charge in [0.25, 0.3) is 0 Å². The maximum absolute atomic E-state index is 12.6. The molecule has 0 amide bonds. The number of benzene rings is 1. The fourth-order valence-electron chi connectivity index (χ4n) is 0.763. The van der Waals surface area contributed by atoms with Gasteiger partial charge >= 0.3 is 5.92 Å². The third kappa shape index (κ3) is 1.57. The Balaban J connectivity index is 3.10. The maximum Gasteiger partial charge on any atom is 0.304 e. The average molecular weight is 177 g/mol. The molecule has 0 spiro atoms. The van der Waals surface area contributed by atoms with Crippen LogP contribution in [0.25, 0.3) is 0 Å². The molecule has 0 unspecified atom stereocenters. The molecule has 1 radical (unpaired) electrons. The SMILES string of the molecule is FCC(F)(F)c1[c]cccc1F. The molecular weight excluding hydrogens is 172 g/mol. The highest BCUT2D eigenvalue weighted by molar-refractivity contribution is 5.20. The third-order valence-corrected chi connectivity index (χ3v) is 1.34. The minimum Gasteiger partial charge on any atom is -0.244 e. The van der Waals surface area contributed by atoms with Crippen LogP contribution >= 0.6 is 0 Å². The van der Waals surface area contributed by atoms with Crippen molar-refractivity contribution in [1.82, 2.24) is 0 Å². The minimum absolute atomic E-state index is 0.843. The topological polar surface area (TPSA) is 0 Å². The Labute approximate surface area is 66.8 Å². The van der Waals surface area contributed by atoms with Gasteiger partial charge in [-0.3, -0.25) is 0 Å². The van der Waals surface area contributed by atoms with Crippen molar-refractivity contribution >= 4 is 0 Å². The highest BCUT2D eigenvalue weighted by Crippen LogP contribution is 2.29. The van der Waals surface area contributed by atoms with Crippen LogP contribution in [0.4, 0.5) is 17.6 Å². The van der Waals surface area contributed by atoms with E-state index in [2.05, 4.69) is 0 Å². The van der Waals surface area contributed by atoms with Gasteiger partial charge in [-0.25, -0.2) is 8.78 Å². The normalized spacial score (nSPS) is 11.7. The second kappa shape index (κ2) is 3.13. The van der Waals surface area contributed by atoms with Crippen molar-refractivity contribution in [2.45, 2.75) is 5.92 Å². The standard InChI is InChI=1S/C8H5F4/c9-5-8(11,12)6-3-1-2-4-7(6)10/h1-2,4H,5H2. The molecule has 0 aliphatic carbocycles. The van der Waals surface area contributed by atoms with Crippen LogP contribution in [0.1, 0.15) is 5.56 Å². The summed E-state index contributed by atoms with van der Waals surface area (Å²) >= 11 is 0. The molecule has 0 saturated carbocycles. The zero-order valence-electron chi connectivity index (χ0n) is 5.95. The van der Waals surface area contributed by atoms with Crippen molar-refractivity contribution in [1.29, 1.82) is 0 Å². The summed E-state index contributed by atoms with van der Waals surface area (Å²) in [6, 6.07) is 5.13. The van der Waals surface area contributed by atoms with Crippen LogP contribution in [0.3, 0.4) is 0 Å². The minimum atomic E-state index is -3.77. The molecular formula is C8H5F4. The number of hydrogen-bond donors (Lipinski definition) is 0. The molecule has 0 saturated heterocycles.